The number of hydrogen-bond acceptors (Lipinski definition) is 4. The Hall–Kier alpha value is -1.98. The van der Waals surface area contributed by atoms with Crippen LogP contribution in [0.3, 0.4) is 0 Å². The average Bonchev–Trinajstić information content (AvgIpc) is 2.44. The standard InChI is InChI=1S/C15H16Cl2N2O3/c1-19(2)9-13(15(21)22-3)18-14(20)8-7-10-11(16)5-4-6-12(10)17/h4-9H,1-3H3,(H,18,20)/b8-7+,13-9-. The van der Waals surface area contributed by atoms with Crippen LogP contribution in [0.5, 0.6) is 0 Å². The second kappa shape index (κ2) is 8.46. The highest BCUT2D eigenvalue weighted by atomic mass is 35.5. The highest BCUT2D eigenvalue weighted by Crippen LogP contribution is 2.25. The number of nitrogens with zero attached hydrogens (tertiary/aromatic N) is 1. The second-order valence-corrected chi connectivity index (χ2v) is 5.27. The summed E-state index contributed by atoms with van der Waals surface area (Å²) in [5, 5.41) is 3.29. The second-order valence-electron chi connectivity index (χ2n) is 4.46. The number of ether oxygens (including phenoxy) is 1. The molecule has 1 aromatic carbocycles. The van der Waals surface area contributed by atoms with Crippen LogP contribution in [0, 0.1) is 0 Å². The summed E-state index contributed by atoms with van der Waals surface area (Å²) in [6, 6.07) is 5.03. The first-order valence-electron chi connectivity index (χ1n) is 6.24. The molecule has 7 heteroatoms. The van der Waals surface area contributed by atoms with Gasteiger partial charge in [0, 0.05) is 42.0 Å². The molecule has 22 heavy (non-hydrogen) atoms. The van der Waals surface area contributed by atoms with Gasteiger partial charge in [0.2, 0.25) is 5.91 Å². The van der Waals surface area contributed by atoms with Gasteiger partial charge in [-0.05, 0) is 18.2 Å². The predicted octanol–water partition coefficient (Wildman–Crippen LogP) is 2.70. The fourth-order valence-electron chi connectivity index (χ4n) is 1.51. The summed E-state index contributed by atoms with van der Waals surface area (Å²) in [6.07, 6.45) is 4.16. The minimum atomic E-state index is -0.647. The molecule has 118 valence electrons. The van der Waals surface area contributed by atoms with Gasteiger partial charge in [0.15, 0.2) is 0 Å². The minimum Gasteiger partial charge on any atom is -0.464 e. The summed E-state index contributed by atoms with van der Waals surface area (Å²) in [6.45, 7) is 0. The third-order valence-electron chi connectivity index (χ3n) is 2.45. The molecule has 1 aromatic rings. The van der Waals surface area contributed by atoms with Crippen LogP contribution in [0.4, 0.5) is 0 Å². The number of hydrogen-bond donors (Lipinski definition) is 1. The van der Waals surface area contributed by atoms with Crippen LogP contribution in [0.2, 0.25) is 10.0 Å². The number of methoxy groups -OCH3 is 1. The van der Waals surface area contributed by atoms with Crippen molar-refractivity contribution in [3.05, 3.63) is 51.8 Å². The number of amides is 1. The molecule has 0 aliphatic heterocycles. The predicted molar refractivity (Wildman–Crippen MR) is 87.4 cm³/mol. The molecule has 0 aromatic heterocycles. The SMILES string of the molecule is COC(=O)/C(=C/N(C)C)NC(=O)/C=C/c1c(Cl)cccc1Cl. The van der Waals surface area contributed by atoms with E-state index in [1.165, 1.54) is 25.5 Å². The first-order chi connectivity index (χ1) is 10.3. The van der Waals surface area contributed by atoms with Crippen molar-refractivity contribution in [2.24, 2.45) is 0 Å². The molecular weight excluding hydrogens is 327 g/mol. The van der Waals surface area contributed by atoms with Crippen LogP contribution >= 0.6 is 23.2 Å². The van der Waals surface area contributed by atoms with E-state index in [0.29, 0.717) is 15.6 Å². The van der Waals surface area contributed by atoms with Gasteiger partial charge >= 0.3 is 5.97 Å². The maximum atomic E-state index is 11.9. The highest BCUT2D eigenvalue weighted by molar-refractivity contribution is 6.37. The van der Waals surface area contributed by atoms with Crippen molar-refractivity contribution >= 4 is 41.2 Å². The Morgan fingerprint density at radius 1 is 1.23 bits per heavy atom. The van der Waals surface area contributed by atoms with Crippen LogP contribution in [0.25, 0.3) is 6.08 Å². The van der Waals surface area contributed by atoms with Gasteiger partial charge in [-0.2, -0.15) is 0 Å². The lowest BCUT2D eigenvalue weighted by Gasteiger charge is -2.10. The molecule has 0 aliphatic carbocycles. The first kappa shape index (κ1) is 18.1. The summed E-state index contributed by atoms with van der Waals surface area (Å²) in [5.74, 6) is -1.15. The number of carbonyl (C=O) groups is 2. The van der Waals surface area contributed by atoms with E-state index >= 15 is 0 Å². The maximum absolute atomic E-state index is 11.9. The maximum Gasteiger partial charge on any atom is 0.356 e. The van der Waals surface area contributed by atoms with E-state index in [-0.39, 0.29) is 5.70 Å². The summed E-state index contributed by atoms with van der Waals surface area (Å²) >= 11 is 12.0. The molecule has 0 atom stereocenters. The molecule has 0 aliphatic rings. The zero-order valence-corrected chi connectivity index (χ0v) is 13.9. The lowest BCUT2D eigenvalue weighted by atomic mass is 10.2. The van der Waals surface area contributed by atoms with Gasteiger partial charge in [-0.25, -0.2) is 4.79 Å². The van der Waals surface area contributed by atoms with Crippen LogP contribution in [0.1, 0.15) is 5.56 Å². The number of rotatable bonds is 5. The Morgan fingerprint density at radius 2 is 1.82 bits per heavy atom. The van der Waals surface area contributed by atoms with E-state index in [9.17, 15) is 9.59 Å². The van der Waals surface area contributed by atoms with Crippen molar-refractivity contribution in [3.63, 3.8) is 0 Å². The molecular formula is C15H16Cl2N2O3. The molecule has 0 spiro atoms. The summed E-state index contributed by atoms with van der Waals surface area (Å²) in [4.78, 5) is 25.1. The zero-order chi connectivity index (χ0) is 16.7. The van der Waals surface area contributed by atoms with E-state index in [2.05, 4.69) is 10.1 Å². The molecule has 0 heterocycles. The van der Waals surface area contributed by atoms with Crippen LogP contribution in [-0.4, -0.2) is 38.0 Å². The molecule has 5 nitrogen and oxygen atoms in total. The van der Waals surface area contributed by atoms with Crippen molar-refractivity contribution in [1.29, 1.82) is 0 Å². The van der Waals surface area contributed by atoms with Gasteiger partial charge in [0.05, 0.1) is 7.11 Å². The quantitative estimate of drug-likeness (QED) is 0.660. The molecule has 0 radical (unpaired) electrons. The lowest BCUT2D eigenvalue weighted by Crippen LogP contribution is -2.28. The smallest absolute Gasteiger partial charge is 0.356 e. The Labute approximate surface area is 139 Å². The Bertz CT molecular complexity index is 605. The Kier molecular flexibility index (Phi) is 6.95. The topological polar surface area (TPSA) is 58.6 Å². The van der Waals surface area contributed by atoms with Crippen LogP contribution < -0.4 is 5.32 Å². The molecule has 0 unspecified atom stereocenters. The number of halogens is 2. The average molecular weight is 343 g/mol. The van der Waals surface area contributed by atoms with Gasteiger partial charge in [-0.1, -0.05) is 29.3 Å². The molecule has 1 N–H and O–H groups in total. The number of carbonyl (C=O) groups excluding carboxylic acids is 2. The van der Waals surface area contributed by atoms with E-state index in [1.54, 1.807) is 37.2 Å². The third-order valence-corrected chi connectivity index (χ3v) is 3.11. The molecule has 0 saturated heterocycles. The van der Waals surface area contributed by atoms with E-state index < -0.39 is 11.9 Å². The summed E-state index contributed by atoms with van der Waals surface area (Å²) in [7, 11) is 4.67. The molecule has 0 saturated carbocycles. The lowest BCUT2D eigenvalue weighted by molar-refractivity contribution is -0.137. The van der Waals surface area contributed by atoms with E-state index in [1.807, 2.05) is 0 Å². The van der Waals surface area contributed by atoms with Crippen LogP contribution in [-0.2, 0) is 14.3 Å². The van der Waals surface area contributed by atoms with E-state index in [4.69, 9.17) is 23.2 Å². The van der Waals surface area contributed by atoms with Gasteiger partial charge < -0.3 is 15.0 Å². The largest absolute Gasteiger partial charge is 0.464 e. The minimum absolute atomic E-state index is 0.0207. The monoisotopic (exact) mass is 342 g/mol. The van der Waals surface area contributed by atoms with E-state index in [0.717, 1.165) is 0 Å². The van der Waals surface area contributed by atoms with Crippen molar-refractivity contribution in [3.8, 4) is 0 Å². The fraction of sp³-hybridized carbons (Fsp3) is 0.200. The van der Waals surface area contributed by atoms with Gasteiger partial charge in [0.25, 0.3) is 0 Å². The van der Waals surface area contributed by atoms with Gasteiger partial charge in [-0.15, -0.1) is 0 Å². The Morgan fingerprint density at radius 3 is 2.32 bits per heavy atom. The highest BCUT2D eigenvalue weighted by Gasteiger charge is 2.12. The molecule has 0 bridgehead atoms. The Balaban J connectivity index is 2.88. The van der Waals surface area contributed by atoms with Gasteiger partial charge in [-0.3, -0.25) is 4.79 Å². The number of benzene rings is 1. The normalized spacial score (nSPS) is 11.4. The zero-order valence-electron chi connectivity index (χ0n) is 12.4. The van der Waals surface area contributed by atoms with Crippen molar-refractivity contribution in [1.82, 2.24) is 10.2 Å². The summed E-state index contributed by atoms with van der Waals surface area (Å²) in [5.41, 5.74) is 0.546. The number of esters is 1. The third kappa shape index (κ3) is 5.42. The number of nitrogens with one attached hydrogen (secondary N) is 1. The first-order valence-corrected chi connectivity index (χ1v) is 7.00. The summed E-state index contributed by atoms with van der Waals surface area (Å²) < 4.78 is 4.60. The molecule has 0 fully saturated rings. The van der Waals surface area contributed by atoms with Crippen LogP contribution in [0.15, 0.2) is 36.2 Å². The van der Waals surface area contributed by atoms with Crippen molar-refractivity contribution in [2.45, 2.75) is 0 Å². The van der Waals surface area contributed by atoms with Crippen molar-refractivity contribution in [2.75, 3.05) is 21.2 Å². The van der Waals surface area contributed by atoms with Crippen molar-refractivity contribution < 1.29 is 14.3 Å². The van der Waals surface area contributed by atoms with Gasteiger partial charge in [0.1, 0.15) is 5.70 Å². The molecule has 1 rings (SSSR count). The fourth-order valence-corrected chi connectivity index (χ4v) is 2.03. The molecule has 1 amide bonds.